The first-order valence-electron chi connectivity index (χ1n) is 12.7. The van der Waals surface area contributed by atoms with Gasteiger partial charge in [0.2, 0.25) is 0 Å². The summed E-state index contributed by atoms with van der Waals surface area (Å²) in [6.07, 6.45) is -4.50. The molecule has 2 aliphatic heterocycles. The van der Waals surface area contributed by atoms with Gasteiger partial charge < -0.3 is 39.4 Å². The minimum absolute atomic E-state index is 0.125. The average Bonchev–Trinajstić information content (AvgIpc) is 2.95. The van der Waals surface area contributed by atoms with E-state index < -0.39 is 42.4 Å². The van der Waals surface area contributed by atoms with Gasteiger partial charge in [0.1, 0.15) is 46.9 Å². The minimum Gasteiger partial charge on any atom is -0.493 e. The van der Waals surface area contributed by atoms with Crippen LogP contribution in [-0.2, 0) is 4.74 Å². The number of carbonyl (C=O) groups is 1. The Kier molecular flexibility index (Phi) is 8.40. The molecule has 0 aromatic heterocycles. The lowest BCUT2D eigenvalue weighted by Gasteiger charge is -2.39. The molecule has 1 saturated heterocycles. The van der Waals surface area contributed by atoms with Crippen molar-refractivity contribution < 1.29 is 44.2 Å². The third-order valence-electron chi connectivity index (χ3n) is 6.78. The van der Waals surface area contributed by atoms with E-state index in [9.17, 15) is 35.1 Å². The fourth-order valence-corrected chi connectivity index (χ4v) is 5.87. The second-order valence-corrected chi connectivity index (χ2v) is 10.6. The SMILES string of the molecule is O=C(O)c1ccccc1-c1c2ccc(=O)cc-2oc2cc(OCCCS[C@@H]3O[C@H](CO)[C@@H](O)[C@H](O)[C@H]3O)ccc12. The van der Waals surface area contributed by atoms with Gasteiger partial charge in [0.05, 0.1) is 18.8 Å². The number of carboxylic acids is 1. The van der Waals surface area contributed by atoms with Crippen LogP contribution < -0.4 is 10.2 Å². The fraction of sp³-hybridized carbons (Fsp3) is 0.310. The largest absolute Gasteiger partial charge is 0.493 e. The van der Waals surface area contributed by atoms with Crippen molar-refractivity contribution in [2.45, 2.75) is 36.3 Å². The highest BCUT2D eigenvalue weighted by atomic mass is 32.2. The average molecular weight is 569 g/mol. The number of hydrogen-bond donors (Lipinski definition) is 5. The van der Waals surface area contributed by atoms with Crippen LogP contribution in [0.1, 0.15) is 16.8 Å². The number of ether oxygens (including phenoxy) is 2. The third-order valence-corrected chi connectivity index (χ3v) is 8.02. The summed E-state index contributed by atoms with van der Waals surface area (Å²) < 4.78 is 17.4. The van der Waals surface area contributed by atoms with Gasteiger partial charge in [-0.15, -0.1) is 11.8 Å². The molecule has 40 heavy (non-hydrogen) atoms. The van der Waals surface area contributed by atoms with Crippen LogP contribution in [0.5, 0.6) is 5.75 Å². The highest BCUT2D eigenvalue weighted by molar-refractivity contribution is 7.99. The van der Waals surface area contributed by atoms with E-state index in [4.69, 9.17) is 13.9 Å². The Morgan fingerprint density at radius 2 is 1.75 bits per heavy atom. The molecule has 0 saturated carbocycles. The van der Waals surface area contributed by atoms with Crippen LogP contribution in [0, 0.1) is 0 Å². The number of aromatic carboxylic acids is 1. The summed E-state index contributed by atoms with van der Waals surface area (Å²) in [7, 11) is 0. The van der Waals surface area contributed by atoms with Crippen LogP contribution >= 0.6 is 11.8 Å². The van der Waals surface area contributed by atoms with Crippen LogP contribution in [0.25, 0.3) is 33.4 Å². The second kappa shape index (κ2) is 12.0. The standard InChI is InChI=1S/C29H28O10S/c30-14-23-25(32)26(33)27(34)29(39-23)40-11-3-10-37-16-7-9-20-22(13-16)38-21-12-15(31)6-8-19(21)24(20)17-4-1-2-5-18(17)28(35)36/h1-2,4-9,12-13,23,25-27,29-30,32-34H,3,10-11,14H2,(H,35,36)/t23-,25-,26+,27-,29+/m1/s1. The molecule has 0 unspecified atom stereocenters. The summed E-state index contributed by atoms with van der Waals surface area (Å²) in [6.45, 7) is -0.171. The maximum atomic E-state index is 12.1. The monoisotopic (exact) mass is 568 g/mol. The molecular weight excluding hydrogens is 540 g/mol. The molecule has 0 bridgehead atoms. The molecule has 0 spiro atoms. The van der Waals surface area contributed by atoms with E-state index in [1.807, 2.05) is 0 Å². The lowest BCUT2D eigenvalue weighted by Crippen LogP contribution is -2.57. The molecule has 2 heterocycles. The summed E-state index contributed by atoms with van der Waals surface area (Å²) in [5.74, 6) is 0.264. The van der Waals surface area contributed by atoms with Crippen molar-refractivity contribution in [3.8, 4) is 28.2 Å². The number of thioether (sulfide) groups is 1. The highest BCUT2D eigenvalue weighted by Crippen LogP contribution is 2.42. The molecule has 3 aliphatic rings. The highest BCUT2D eigenvalue weighted by Gasteiger charge is 2.43. The number of carboxylic acid groups (broad SMARTS) is 1. The lowest BCUT2D eigenvalue weighted by molar-refractivity contribution is -0.205. The van der Waals surface area contributed by atoms with E-state index in [2.05, 4.69) is 0 Å². The number of rotatable bonds is 9. The molecule has 11 heteroatoms. The quantitative estimate of drug-likeness (QED) is 0.149. The zero-order chi connectivity index (χ0) is 28.4. The number of benzene rings is 3. The van der Waals surface area contributed by atoms with Crippen LogP contribution in [0.4, 0.5) is 0 Å². The van der Waals surface area contributed by atoms with Crippen molar-refractivity contribution in [3.63, 3.8) is 0 Å². The van der Waals surface area contributed by atoms with Gasteiger partial charge >= 0.3 is 5.97 Å². The van der Waals surface area contributed by atoms with Gasteiger partial charge in [0.15, 0.2) is 5.43 Å². The van der Waals surface area contributed by atoms with Crippen molar-refractivity contribution in [2.75, 3.05) is 19.0 Å². The van der Waals surface area contributed by atoms with E-state index >= 15 is 0 Å². The molecular formula is C29H28O10S. The topological polar surface area (TPSA) is 167 Å². The van der Waals surface area contributed by atoms with Gasteiger partial charge in [0, 0.05) is 28.6 Å². The summed E-state index contributed by atoms with van der Waals surface area (Å²) in [5.41, 5.74) is 1.25. The Hall–Kier alpha value is -3.45. The first-order chi connectivity index (χ1) is 19.3. The molecule has 2 aromatic carbocycles. The summed E-state index contributed by atoms with van der Waals surface area (Å²) in [4.78, 5) is 24.0. The molecule has 10 nitrogen and oxygen atoms in total. The van der Waals surface area contributed by atoms with Crippen LogP contribution in [0.3, 0.4) is 0 Å². The second-order valence-electron chi connectivity index (χ2n) is 9.41. The zero-order valence-electron chi connectivity index (χ0n) is 21.2. The Bertz CT molecular complexity index is 1530. The first kappa shape index (κ1) is 28.1. The maximum absolute atomic E-state index is 12.1. The van der Waals surface area contributed by atoms with Crippen molar-refractivity contribution in [2.24, 2.45) is 0 Å². The van der Waals surface area contributed by atoms with Crippen molar-refractivity contribution >= 4 is 28.7 Å². The van der Waals surface area contributed by atoms with E-state index in [0.29, 0.717) is 57.9 Å². The number of hydrogen-bond acceptors (Lipinski definition) is 10. The van der Waals surface area contributed by atoms with Crippen molar-refractivity contribution in [3.05, 3.63) is 76.5 Å². The van der Waals surface area contributed by atoms with Crippen molar-refractivity contribution in [1.82, 2.24) is 0 Å². The number of aliphatic hydroxyl groups excluding tert-OH is 4. The van der Waals surface area contributed by atoms with Crippen molar-refractivity contribution in [1.29, 1.82) is 0 Å². The normalized spacial score (nSPS) is 22.9. The smallest absolute Gasteiger partial charge is 0.336 e. The first-order valence-corrected chi connectivity index (χ1v) is 13.7. The predicted molar refractivity (Wildman–Crippen MR) is 148 cm³/mol. The van der Waals surface area contributed by atoms with Gasteiger partial charge in [-0.05, 0) is 48.1 Å². The molecule has 0 amide bonds. The fourth-order valence-electron chi connectivity index (χ4n) is 4.77. The zero-order valence-corrected chi connectivity index (χ0v) is 22.0. The van der Waals surface area contributed by atoms with Gasteiger partial charge in [0.25, 0.3) is 0 Å². The molecule has 210 valence electrons. The molecule has 1 aliphatic carbocycles. The Labute approximate surface area is 232 Å². The molecule has 5 atom stereocenters. The summed E-state index contributed by atoms with van der Waals surface area (Å²) >= 11 is 1.24. The van der Waals surface area contributed by atoms with Crippen LogP contribution in [0.15, 0.2) is 69.9 Å². The minimum atomic E-state index is -1.41. The predicted octanol–water partition coefficient (Wildman–Crippen LogP) is 2.57. The van der Waals surface area contributed by atoms with Crippen LogP contribution in [0.2, 0.25) is 0 Å². The number of aliphatic hydroxyl groups is 4. The van der Waals surface area contributed by atoms with Crippen LogP contribution in [-0.4, -0.2) is 80.3 Å². The number of fused-ring (bicyclic) bond motifs is 2. The Morgan fingerprint density at radius 3 is 2.52 bits per heavy atom. The molecule has 5 N–H and O–H groups in total. The molecule has 5 rings (SSSR count). The van der Waals surface area contributed by atoms with E-state index in [1.54, 1.807) is 42.5 Å². The van der Waals surface area contributed by atoms with Gasteiger partial charge in [-0.3, -0.25) is 4.79 Å². The maximum Gasteiger partial charge on any atom is 0.336 e. The third kappa shape index (κ3) is 5.57. The summed E-state index contributed by atoms with van der Waals surface area (Å²) in [5, 5.41) is 49.8. The summed E-state index contributed by atoms with van der Waals surface area (Å²) in [6, 6.07) is 16.3. The Morgan fingerprint density at radius 1 is 0.950 bits per heavy atom. The van der Waals surface area contributed by atoms with Gasteiger partial charge in [-0.25, -0.2) is 4.79 Å². The lowest BCUT2D eigenvalue weighted by atomic mass is 9.91. The molecule has 0 radical (unpaired) electrons. The molecule has 1 fully saturated rings. The van der Waals surface area contributed by atoms with E-state index in [1.165, 1.54) is 30.0 Å². The molecule has 2 aromatic rings. The van der Waals surface area contributed by atoms with E-state index in [0.717, 1.165) is 0 Å². The van der Waals surface area contributed by atoms with Gasteiger partial charge in [-0.2, -0.15) is 0 Å². The Balaban J connectivity index is 1.34. The van der Waals surface area contributed by atoms with Gasteiger partial charge in [-0.1, -0.05) is 18.2 Å². The van der Waals surface area contributed by atoms with E-state index in [-0.39, 0.29) is 11.0 Å².